The van der Waals surface area contributed by atoms with Gasteiger partial charge in [-0.15, -0.1) is 0 Å². The monoisotopic (exact) mass is 400 g/mol. The largest absolute Gasteiger partial charge is 0.449 e. The van der Waals surface area contributed by atoms with E-state index in [1.54, 1.807) is 6.92 Å². The number of aliphatic hydroxyl groups is 1. The standard InChI is InChI=1S/C24H36N2O3/c1-5-29-22(28)26-25-15(2)19-8-9-20-18-7-6-16-14-17(27)10-12-23(16,3)21(18)11-13-24(19,20)4/h6,8,17-18,20-21,27H,5,7,9-14H2,1-4H3,(H,26,28)/b25-15+/t17-,18-,20+,21-,23-,24+/m0/s1. The van der Waals surface area contributed by atoms with Gasteiger partial charge >= 0.3 is 6.09 Å². The highest BCUT2D eigenvalue weighted by atomic mass is 16.5. The van der Waals surface area contributed by atoms with Gasteiger partial charge in [0.15, 0.2) is 0 Å². The third kappa shape index (κ3) is 3.35. The molecule has 0 aromatic carbocycles. The molecule has 0 aromatic rings. The fourth-order valence-electron chi connectivity index (χ4n) is 7.12. The second-order valence-electron chi connectivity index (χ2n) is 10.00. The van der Waals surface area contributed by atoms with Gasteiger partial charge in [0.05, 0.1) is 18.4 Å². The molecule has 6 atom stereocenters. The predicted octanol–water partition coefficient (Wildman–Crippen LogP) is 4.97. The lowest BCUT2D eigenvalue weighted by Crippen LogP contribution is -2.50. The van der Waals surface area contributed by atoms with Crippen LogP contribution in [0.3, 0.4) is 0 Å². The first-order valence-electron chi connectivity index (χ1n) is 11.3. The van der Waals surface area contributed by atoms with Gasteiger partial charge < -0.3 is 9.84 Å². The molecule has 2 saturated carbocycles. The van der Waals surface area contributed by atoms with Crippen LogP contribution in [0.1, 0.15) is 72.6 Å². The molecule has 0 heterocycles. The van der Waals surface area contributed by atoms with Gasteiger partial charge in [0.25, 0.3) is 0 Å². The number of carbonyl (C=O) groups is 1. The number of allylic oxidation sites excluding steroid dienone is 3. The summed E-state index contributed by atoms with van der Waals surface area (Å²) < 4.78 is 4.93. The maximum atomic E-state index is 11.6. The number of nitrogens with one attached hydrogen (secondary N) is 1. The molecule has 1 amide bonds. The summed E-state index contributed by atoms with van der Waals surface area (Å²) in [5.74, 6) is 2.04. The summed E-state index contributed by atoms with van der Waals surface area (Å²) in [6.45, 7) is 9.00. The van der Waals surface area contributed by atoms with Crippen LogP contribution < -0.4 is 5.43 Å². The number of ether oxygens (including phenoxy) is 1. The highest BCUT2D eigenvalue weighted by molar-refractivity contribution is 6.00. The Bertz CT molecular complexity index is 770. The van der Waals surface area contributed by atoms with Crippen molar-refractivity contribution in [1.82, 2.24) is 5.43 Å². The molecule has 4 aliphatic rings. The number of aliphatic hydroxyl groups excluding tert-OH is 1. The number of amides is 1. The number of rotatable bonds is 3. The van der Waals surface area contributed by atoms with Gasteiger partial charge in [0.2, 0.25) is 0 Å². The zero-order valence-corrected chi connectivity index (χ0v) is 18.3. The molecular formula is C24H36N2O3. The van der Waals surface area contributed by atoms with E-state index in [0.29, 0.717) is 18.4 Å². The minimum atomic E-state index is -0.492. The van der Waals surface area contributed by atoms with Crippen LogP contribution >= 0.6 is 0 Å². The van der Waals surface area contributed by atoms with Crippen molar-refractivity contribution in [3.05, 3.63) is 23.3 Å². The van der Waals surface area contributed by atoms with E-state index in [9.17, 15) is 9.90 Å². The molecule has 0 spiro atoms. The molecule has 2 N–H and O–H groups in total. The normalized spacial score (nSPS) is 41.5. The summed E-state index contributed by atoms with van der Waals surface area (Å²) in [6.07, 6.45) is 11.8. The molecular weight excluding hydrogens is 364 g/mol. The number of nitrogens with zero attached hydrogens (tertiary/aromatic N) is 1. The molecule has 0 unspecified atom stereocenters. The molecule has 5 nitrogen and oxygen atoms in total. The van der Waals surface area contributed by atoms with Crippen molar-refractivity contribution in [3.8, 4) is 0 Å². The Hall–Kier alpha value is -1.62. The van der Waals surface area contributed by atoms with Crippen molar-refractivity contribution in [2.24, 2.45) is 33.7 Å². The van der Waals surface area contributed by atoms with Gasteiger partial charge in [0.1, 0.15) is 0 Å². The van der Waals surface area contributed by atoms with E-state index in [-0.39, 0.29) is 16.9 Å². The van der Waals surface area contributed by atoms with Crippen molar-refractivity contribution in [3.63, 3.8) is 0 Å². The highest BCUT2D eigenvalue weighted by Gasteiger charge is 2.56. The third-order valence-corrected chi connectivity index (χ3v) is 8.64. The van der Waals surface area contributed by atoms with Crippen LogP contribution in [0, 0.1) is 28.6 Å². The second-order valence-corrected chi connectivity index (χ2v) is 10.00. The van der Waals surface area contributed by atoms with Crippen LogP contribution in [-0.4, -0.2) is 29.6 Å². The van der Waals surface area contributed by atoms with E-state index in [2.05, 4.69) is 36.5 Å². The van der Waals surface area contributed by atoms with Gasteiger partial charge in [0, 0.05) is 0 Å². The number of carbonyl (C=O) groups excluding carboxylic acids is 1. The Kier molecular flexibility index (Phi) is 5.39. The summed E-state index contributed by atoms with van der Waals surface area (Å²) in [7, 11) is 0. The summed E-state index contributed by atoms with van der Waals surface area (Å²) >= 11 is 0. The van der Waals surface area contributed by atoms with Gasteiger partial charge in [-0.25, -0.2) is 10.2 Å². The van der Waals surface area contributed by atoms with Gasteiger partial charge in [-0.1, -0.05) is 31.6 Å². The molecule has 2 fully saturated rings. The van der Waals surface area contributed by atoms with Gasteiger partial charge in [-0.2, -0.15) is 5.10 Å². The van der Waals surface area contributed by atoms with E-state index in [0.717, 1.165) is 43.7 Å². The molecule has 29 heavy (non-hydrogen) atoms. The third-order valence-electron chi connectivity index (χ3n) is 8.64. The SMILES string of the molecule is CCOC(=O)N/N=C(\C)C1=CC[C@@H]2[C@@H]3CC=C4C[C@@H](O)CC[C@]4(C)[C@H]3CC[C@]12C. The lowest BCUT2D eigenvalue weighted by atomic mass is 9.47. The Morgan fingerprint density at radius 3 is 2.72 bits per heavy atom. The van der Waals surface area contributed by atoms with Crippen molar-refractivity contribution in [1.29, 1.82) is 0 Å². The predicted molar refractivity (Wildman–Crippen MR) is 114 cm³/mol. The number of hydrazone groups is 1. The van der Waals surface area contributed by atoms with Crippen molar-refractivity contribution in [2.75, 3.05) is 6.61 Å². The number of hydrogen-bond acceptors (Lipinski definition) is 4. The van der Waals surface area contributed by atoms with E-state index in [4.69, 9.17) is 4.74 Å². The second kappa shape index (κ2) is 7.57. The summed E-state index contributed by atoms with van der Waals surface area (Å²) in [5, 5.41) is 14.5. The van der Waals surface area contributed by atoms with Crippen LogP contribution in [-0.2, 0) is 4.74 Å². The van der Waals surface area contributed by atoms with E-state index < -0.39 is 6.09 Å². The maximum Gasteiger partial charge on any atom is 0.427 e. The zero-order chi connectivity index (χ0) is 20.8. The molecule has 4 rings (SSSR count). The lowest BCUT2D eigenvalue weighted by molar-refractivity contribution is -0.0279. The highest BCUT2D eigenvalue weighted by Crippen LogP contribution is 2.65. The smallest absolute Gasteiger partial charge is 0.427 e. The minimum absolute atomic E-state index is 0.126. The average molecular weight is 401 g/mol. The molecule has 0 radical (unpaired) electrons. The zero-order valence-electron chi connectivity index (χ0n) is 18.3. The van der Waals surface area contributed by atoms with E-state index in [1.165, 1.54) is 24.0 Å². The van der Waals surface area contributed by atoms with Crippen LogP contribution in [0.15, 0.2) is 28.4 Å². The molecule has 4 aliphatic carbocycles. The Morgan fingerprint density at radius 1 is 1.21 bits per heavy atom. The van der Waals surface area contributed by atoms with Crippen LogP contribution in [0.2, 0.25) is 0 Å². The van der Waals surface area contributed by atoms with Crippen LogP contribution in [0.4, 0.5) is 4.79 Å². The Labute approximate surface area is 174 Å². The van der Waals surface area contributed by atoms with E-state index in [1.807, 2.05) is 6.92 Å². The summed E-state index contributed by atoms with van der Waals surface area (Å²) in [5.41, 5.74) is 6.64. The van der Waals surface area contributed by atoms with Crippen LogP contribution in [0.5, 0.6) is 0 Å². The first-order valence-corrected chi connectivity index (χ1v) is 11.3. The quantitative estimate of drug-likeness (QED) is 0.399. The molecule has 0 saturated heterocycles. The van der Waals surface area contributed by atoms with Crippen molar-refractivity contribution in [2.45, 2.75) is 78.7 Å². The van der Waals surface area contributed by atoms with Gasteiger partial charge in [-0.05, 0) is 93.0 Å². The lowest BCUT2D eigenvalue weighted by Gasteiger charge is -2.57. The average Bonchev–Trinajstić information content (AvgIpc) is 3.04. The molecule has 5 heteroatoms. The van der Waals surface area contributed by atoms with Crippen molar-refractivity contribution < 1.29 is 14.6 Å². The number of hydrogen-bond donors (Lipinski definition) is 2. The molecule has 160 valence electrons. The molecule has 0 bridgehead atoms. The van der Waals surface area contributed by atoms with Gasteiger partial charge in [-0.3, -0.25) is 0 Å². The minimum Gasteiger partial charge on any atom is -0.449 e. The van der Waals surface area contributed by atoms with Crippen molar-refractivity contribution >= 4 is 11.8 Å². The Balaban J connectivity index is 1.54. The summed E-state index contributed by atoms with van der Waals surface area (Å²) in [6, 6.07) is 0. The Morgan fingerprint density at radius 2 is 1.97 bits per heavy atom. The molecule has 0 aliphatic heterocycles. The maximum absolute atomic E-state index is 11.6. The summed E-state index contributed by atoms with van der Waals surface area (Å²) in [4.78, 5) is 11.6. The topological polar surface area (TPSA) is 70.9 Å². The fraction of sp³-hybridized carbons (Fsp3) is 0.750. The van der Waals surface area contributed by atoms with E-state index >= 15 is 0 Å². The van der Waals surface area contributed by atoms with Crippen LogP contribution in [0.25, 0.3) is 0 Å². The molecule has 0 aromatic heterocycles. The first-order chi connectivity index (χ1) is 13.8. The first kappa shape index (κ1) is 20.6. The fourth-order valence-corrected chi connectivity index (χ4v) is 7.12. The number of fused-ring (bicyclic) bond motifs is 5.